The highest BCUT2D eigenvalue weighted by atomic mass is 19.1. The van der Waals surface area contributed by atoms with Gasteiger partial charge < -0.3 is 4.57 Å². The van der Waals surface area contributed by atoms with Gasteiger partial charge in [-0.2, -0.15) is 0 Å². The molecule has 3 rings (SSSR count). The normalized spacial score (nSPS) is 10.8. The molecule has 0 atom stereocenters. The smallest absolute Gasteiger partial charge is 0.127 e. The predicted octanol–water partition coefficient (Wildman–Crippen LogP) is 3.97. The molecule has 0 radical (unpaired) electrons. The number of imidazole rings is 1. The van der Waals surface area contributed by atoms with Crippen molar-refractivity contribution in [1.82, 2.24) is 9.55 Å². The van der Waals surface area contributed by atoms with Crippen LogP contribution in [0.15, 0.2) is 60.9 Å². The van der Waals surface area contributed by atoms with Crippen molar-refractivity contribution in [3.8, 4) is 0 Å². The van der Waals surface area contributed by atoms with E-state index in [1.807, 2.05) is 43.5 Å². The Morgan fingerprint density at radius 2 is 1.90 bits per heavy atom. The molecule has 3 heteroatoms. The number of aromatic nitrogens is 2. The Balaban J connectivity index is 1.82. The molecule has 0 saturated carbocycles. The molecular formula is C18H17FN2. The van der Waals surface area contributed by atoms with E-state index in [0.717, 1.165) is 17.9 Å². The number of benzene rings is 2. The Morgan fingerprint density at radius 3 is 2.67 bits per heavy atom. The second-order valence-electron chi connectivity index (χ2n) is 5.23. The van der Waals surface area contributed by atoms with Crippen LogP contribution in [0.3, 0.4) is 0 Å². The van der Waals surface area contributed by atoms with Crippen LogP contribution in [0.2, 0.25) is 0 Å². The van der Waals surface area contributed by atoms with E-state index in [1.165, 1.54) is 5.56 Å². The molecule has 0 unspecified atom stereocenters. The highest BCUT2D eigenvalue weighted by Crippen LogP contribution is 2.15. The molecule has 0 spiro atoms. The number of hydrogen-bond donors (Lipinski definition) is 0. The average Bonchev–Trinajstić information content (AvgIpc) is 2.90. The molecule has 0 aliphatic heterocycles. The van der Waals surface area contributed by atoms with Gasteiger partial charge >= 0.3 is 0 Å². The lowest BCUT2D eigenvalue weighted by Gasteiger charge is -2.09. The van der Waals surface area contributed by atoms with Crippen LogP contribution in [-0.4, -0.2) is 9.55 Å². The van der Waals surface area contributed by atoms with Crippen LogP contribution in [0.5, 0.6) is 0 Å². The zero-order valence-electron chi connectivity index (χ0n) is 12.0. The fraction of sp³-hybridized carbons (Fsp3) is 0.167. The maximum absolute atomic E-state index is 14.0. The van der Waals surface area contributed by atoms with Gasteiger partial charge in [0.2, 0.25) is 0 Å². The average molecular weight is 280 g/mol. The minimum Gasteiger partial charge on any atom is -0.330 e. The van der Waals surface area contributed by atoms with Crippen LogP contribution in [-0.2, 0) is 13.0 Å². The molecular weight excluding hydrogens is 263 g/mol. The predicted molar refractivity (Wildman–Crippen MR) is 81.7 cm³/mol. The molecule has 1 heterocycles. The number of nitrogens with zero attached hydrogens (tertiary/aromatic N) is 2. The third-order valence-corrected chi connectivity index (χ3v) is 3.55. The summed E-state index contributed by atoms with van der Waals surface area (Å²) < 4.78 is 16.0. The van der Waals surface area contributed by atoms with Crippen molar-refractivity contribution >= 4 is 0 Å². The third-order valence-electron chi connectivity index (χ3n) is 3.55. The standard InChI is InChI=1S/C18H17FN2/c1-14-7-8-16(17(19)11-14)12-18-20-9-10-21(18)13-15-5-3-2-4-6-15/h2-11H,12-13H2,1H3. The van der Waals surface area contributed by atoms with Crippen LogP contribution in [0.1, 0.15) is 22.5 Å². The first-order valence-corrected chi connectivity index (χ1v) is 7.01. The Bertz CT molecular complexity index is 732. The van der Waals surface area contributed by atoms with Crippen molar-refractivity contribution in [1.29, 1.82) is 0 Å². The summed E-state index contributed by atoms with van der Waals surface area (Å²) in [4.78, 5) is 4.37. The second-order valence-corrected chi connectivity index (χ2v) is 5.23. The quantitative estimate of drug-likeness (QED) is 0.707. The van der Waals surface area contributed by atoms with Crippen molar-refractivity contribution in [2.45, 2.75) is 19.9 Å². The van der Waals surface area contributed by atoms with Crippen LogP contribution >= 0.6 is 0 Å². The van der Waals surface area contributed by atoms with Crippen molar-refractivity contribution in [2.24, 2.45) is 0 Å². The van der Waals surface area contributed by atoms with E-state index in [1.54, 1.807) is 12.3 Å². The lowest BCUT2D eigenvalue weighted by molar-refractivity contribution is 0.607. The molecule has 1 aromatic heterocycles. The summed E-state index contributed by atoms with van der Waals surface area (Å²) in [5.74, 6) is 0.714. The van der Waals surface area contributed by atoms with E-state index in [9.17, 15) is 4.39 Å². The molecule has 0 aliphatic rings. The fourth-order valence-electron chi connectivity index (χ4n) is 2.40. The van der Waals surface area contributed by atoms with Gasteiger partial charge in [-0.25, -0.2) is 9.37 Å². The van der Waals surface area contributed by atoms with Crippen molar-refractivity contribution in [3.63, 3.8) is 0 Å². The number of hydrogen-bond acceptors (Lipinski definition) is 1. The highest BCUT2D eigenvalue weighted by molar-refractivity contribution is 5.26. The molecule has 0 amide bonds. The molecule has 2 aromatic carbocycles. The molecule has 0 fully saturated rings. The van der Waals surface area contributed by atoms with Crippen LogP contribution in [0, 0.1) is 12.7 Å². The van der Waals surface area contributed by atoms with Crippen LogP contribution in [0.25, 0.3) is 0 Å². The lowest BCUT2D eigenvalue weighted by atomic mass is 10.1. The molecule has 0 saturated heterocycles. The maximum atomic E-state index is 14.0. The van der Waals surface area contributed by atoms with Crippen LogP contribution < -0.4 is 0 Å². The summed E-state index contributed by atoms with van der Waals surface area (Å²) in [5, 5.41) is 0. The summed E-state index contributed by atoms with van der Waals surface area (Å²) in [7, 11) is 0. The molecule has 0 N–H and O–H groups in total. The third kappa shape index (κ3) is 3.19. The summed E-state index contributed by atoms with van der Waals surface area (Å²) in [6, 6.07) is 15.5. The zero-order chi connectivity index (χ0) is 14.7. The van der Waals surface area contributed by atoms with E-state index in [2.05, 4.69) is 21.7 Å². The number of halogens is 1. The van der Waals surface area contributed by atoms with Crippen LogP contribution in [0.4, 0.5) is 4.39 Å². The van der Waals surface area contributed by atoms with Crippen molar-refractivity contribution in [2.75, 3.05) is 0 Å². The first-order valence-electron chi connectivity index (χ1n) is 7.01. The Labute approximate surface area is 123 Å². The van der Waals surface area contributed by atoms with Gasteiger partial charge in [0.1, 0.15) is 11.6 Å². The van der Waals surface area contributed by atoms with Gasteiger partial charge in [-0.3, -0.25) is 0 Å². The number of rotatable bonds is 4. The molecule has 106 valence electrons. The summed E-state index contributed by atoms with van der Waals surface area (Å²) in [6.45, 7) is 2.65. The summed E-state index contributed by atoms with van der Waals surface area (Å²) in [6.07, 6.45) is 4.21. The Kier molecular flexibility index (Phi) is 3.82. The van der Waals surface area contributed by atoms with Gasteiger partial charge in [-0.05, 0) is 29.7 Å². The van der Waals surface area contributed by atoms with E-state index in [4.69, 9.17) is 0 Å². The van der Waals surface area contributed by atoms with Gasteiger partial charge in [0.05, 0.1) is 0 Å². The Morgan fingerprint density at radius 1 is 1.10 bits per heavy atom. The molecule has 3 aromatic rings. The van der Waals surface area contributed by atoms with Crippen molar-refractivity contribution in [3.05, 3.63) is 89.3 Å². The molecule has 0 bridgehead atoms. The molecule has 0 aliphatic carbocycles. The van der Waals surface area contributed by atoms with E-state index in [0.29, 0.717) is 12.0 Å². The molecule has 2 nitrogen and oxygen atoms in total. The Hall–Kier alpha value is -2.42. The van der Waals surface area contributed by atoms with Gasteiger partial charge in [0.15, 0.2) is 0 Å². The largest absolute Gasteiger partial charge is 0.330 e. The first kappa shape index (κ1) is 13.6. The summed E-state index contributed by atoms with van der Waals surface area (Å²) >= 11 is 0. The van der Waals surface area contributed by atoms with Gasteiger partial charge in [-0.1, -0.05) is 42.5 Å². The highest BCUT2D eigenvalue weighted by Gasteiger charge is 2.08. The van der Waals surface area contributed by atoms with Gasteiger partial charge in [0, 0.05) is 25.4 Å². The second kappa shape index (κ2) is 5.92. The summed E-state index contributed by atoms with van der Waals surface area (Å²) in [5.41, 5.74) is 2.83. The van der Waals surface area contributed by atoms with E-state index >= 15 is 0 Å². The fourth-order valence-corrected chi connectivity index (χ4v) is 2.40. The maximum Gasteiger partial charge on any atom is 0.127 e. The monoisotopic (exact) mass is 280 g/mol. The van der Waals surface area contributed by atoms with E-state index < -0.39 is 0 Å². The molecule has 21 heavy (non-hydrogen) atoms. The minimum absolute atomic E-state index is 0.163. The lowest BCUT2D eigenvalue weighted by Crippen LogP contribution is -2.06. The van der Waals surface area contributed by atoms with Crippen molar-refractivity contribution < 1.29 is 4.39 Å². The van der Waals surface area contributed by atoms with Gasteiger partial charge in [-0.15, -0.1) is 0 Å². The first-order chi connectivity index (χ1) is 10.2. The SMILES string of the molecule is Cc1ccc(Cc2nccn2Cc2ccccc2)c(F)c1. The zero-order valence-corrected chi connectivity index (χ0v) is 12.0. The minimum atomic E-state index is -0.163. The van der Waals surface area contributed by atoms with E-state index in [-0.39, 0.29) is 5.82 Å². The van der Waals surface area contributed by atoms with Gasteiger partial charge in [0.25, 0.3) is 0 Å². The topological polar surface area (TPSA) is 17.8 Å². The number of aryl methyl sites for hydroxylation is 1.